The Kier molecular flexibility index (Phi) is 3.41. The minimum atomic E-state index is -0.204. The molecule has 3 heteroatoms. The first-order chi connectivity index (χ1) is 5.88. The van der Waals surface area contributed by atoms with Gasteiger partial charge in [-0.05, 0) is 34.1 Å². The van der Waals surface area contributed by atoms with Gasteiger partial charge in [0.05, 0.1) is 0 Å². The maximum Gasteiger partial charge on any atom is 0.124 e. The van der Waals surface area contributed by atoms with Crippen LogP contribution in [0.4, 0.5) is 4.39 Å². The summed E-state index contributed by atoms with van der Waals surface area (Å²) in [6, 6.07) is 4.78. The van der Waals surface area contributed by atoms with Gasteiger partial charge in [-0.15, -0.1) is 11.8 Å². The van der Waals surface area contributed by atoms with Gasteiger partial charge in [0, 0.05) is 14.1 Å². The highest BCUT2D eigenvalue weighted by molar-refractivity contribution is 9.10. The Hall–Kier alpha value is -0.0200. The van der Waals surface area contributed by atoms with Gasteiger partial charge in [-0.3, -0.25) is 0 Å². The van der Waals surface area contributed by atoms with Gasteiger partial charge in [0.2, 0.25) is 0 Å². The Labute approximate surface area is 91.0 Å². The summed E-state index contributed by atoms with van der Waals surface area (Å²) in [5.41, 5.74) is 0. The first-order valence-corrected chi connectivity index (χ1v) is 5.63. The highest BCUT2D eigenvalue weighted by atomic mass is 79.9. The van der Waals surface area contributed by atoms with Gasteiger partial charge in [-0.25, -0.2) is 4.39 Å². The highest BCUT2D eigenvalue weighted by Gasteiger charge is 2.14. The molecule has 13 heavy (non-hydrogen) atoms. The van der Waals surface area contributed by atoms with Crippen LogP contribution in [0.3, 0.4) is 0 Å². The van der Waals surface area contributed by atoms with E-state index in [1.807, 2.05) is 0 Å². The van der Waals surface area contributed by atoms with Gasteiger partial charge in [0.1, 0.15) is 5.82 Å². The van der Waals surface area contributed by atoms with Crippen LogP contribution in [0, 0.1) is 5.82 Å². The Morgan fingerprint density at radius 2 is 1.92 bits per heavy atom. The van der Waals surface area contributed by atoms with Crippen molar-refractivity contribution in [3.05, 3.63) is 28.5 Å². The second kappa shape index (κ2) is 4.01. The number of benzene rings is 1. The van der Waals surface area contributed by atoms with E-state index >= 15 is 0 Å². The first kappa shape index (κ1) is 11.1. The normalized spacial score (nSPS) is 11.8. The fourth-order valence-electron chi connectivity index (χ4n) is 0.888. The minimum absolute atomic E-state index is 0.153. The molecular weight excluding hydrogens is 251 g/mol. The molecule has 0 atom stereocenters. The van der Waals surface area contributed by atoms with Crippen molar-refractivity contribution < 1.29 is 4.39 Å². The van der Waals surface area contributed by atoms with Crippen molar-refractivity contribution in [2.45, 2.75) is 30.4 Å². The third kappa shape index (κ3) is 3.69. The molecule has 0 amide bonds. The molecule has 72 valence electrons. The zero-order valence-corrected chi connectivity index (χ0v) is 10.3. The topological polar surface area (TPSA) is 0 Å². The van der Waals surface area contributed by atoms with Gasteiger partial charge >= 0.3 is 0 Å². The lowest BCUT2D eigenvalue weighted by molar-refractivity contribution is 0.625. The van der Waals surface area contributed by atoms with Crippen molar-refractivity contribution in [2.24, 2.45) is 0 Å². The van der Waals surface area contributed by atoms with E-state index in [2.05, 4.69) is 36.7 Å². The summed E-state index contributed by atoms with van der Waals surface area (Å²) >= 11 is 5.06. The Morgan fingerprint density at radius 3 is 2.38 bits per heavy atom. The maximum atomic E-state index is 12.7. The number of hydrogen-bond acceptors (Lipinski definition) is 1. The van der Waals surface area contributed by atoms with Gasteiger partial charge < -0.3 is 0 Å². The maximum absolute atomic E-state index is 12.7. The molecule has 0 aliphatic rings. The standard InChI is InChI=1S/C10H12BrFS/c1-10(2,3)13-9-5-4-7(12)6-8(9)11/h4-6H,1-3H3. The molecule has 1 rings (SSSR count). The van der Waals surface area contributed by atoms with Gasteiger partial charge in [0.15, 0.2) is 0 Å². The van der Waals surface area contributed by atoms with Crippen molar-refractivity contribution in [1.29, 1.82) is 0 Å². The zero-order chi connectivity index (χ0) is 10.1. The predicted molar refractivity (Wildman–Crippen MR) is 59.7 cm³/mol. The van der Waals surface area contributed by atoms with Crippen molar-refractivity contribution in [3.8, 4) is 0 Å². The van der Waals surface area contributed by atoms with Crippen LogP contribution in [0.15, 0.2) is 27.6 Å². The van der Waals surface area contributed by atoms with Crippen LogP contribution in [-0.4, -0.2) is 4.75 Å². The minimum Gasteiger partial charge on any atom is -0.207 e. The molecular formula is C10H12BrFS. The molecule has 0 aromatic heterocycles. The summed E-state index contributed by atoms with van der Waals surface area (Å²) in [5.74, 6) is -0.204. The van der Waals surface area contributed by atoms with E-state index in [0.717, 1.165) is 9.37 Å². The summed E-state index contributed by atoms with van der Waals surface area (Å²) in [4.78, 5) is 1.08. The second-order valence-corrected chi connectivity index (χ2v) is 6.51. The Bertz CT molecular complexity index is 304. The zero-order valence-electron chi connectivity index (χ0n) is 7.90. The van der Waals surface area contributed by atoms with Gasteiger partial charge in [0.25, 0.3) is 0 Å². The SMILES string of the molecule is CC(C)(C)Sc1ccc(F)cc1Br. The van der Waals surface area contributed by atoms with Crippen molar-refractivity contribution in [2.75, 3.05) is 0 Å². The monoisotopic (exact) mass is 262 g/mol. The summed E-state index contributed by atoms with van der Waals surface area (Å²) in [6.07, 6.45) is 0. The summed E-state index contributed by atoms with van der Waals surface area (Å²) < 4.78 is 13.7. The van der Waals surface area contributed by atoms with Crippen molar-refractivity contribution >= 4 is 27.7 Å². The fourth-order valence-corrected chi connectivity index (χ4v) is 2.43. The van der Waals surface area contributed by atoms with E-state index < -0.39 is 0 Å². The lowest BCUT2D eigenvalue weighted by Gasteiger charge is -2.18. The molecule has 0 unspecified atom stereocenters. The Balaban J connectivity index is 2.90. The molecule has 1 aromatic carbocycles. The molecule has 0 bridgehead atoms. The third-order valence-electron chi connectivity index (χ3n) is 1.31. The first-order valence-electron chi connectivity index (χ1n) is 4.02. The van der Waals surface area contributed by atoms with E-state index in [-0.39, 0.29) is 10.6 Å². The predicted octanol–water partition coefficient (Wildman–Crippen LogP) is 4.48. The molecule has 0 heterocycles. The average molecular weight is 263 g/mol. The van der Waals surface area contributed by atoms with Crippen LogP contribution < -0.4 is 0 Å². The van der Waals surface area contributed by atoms with Gasteiger partial charge in [-0.2, -0.15) is 0 Å². The second-order valence-electron chi connectivity index (χ2n) is 3.79. The van der Waals surface area contributed by atoms with Crippen LogP contribution in [0.5, 0.6) is 0 Å². The molecule has 0 N–H and O–H groups in total. The molecule has 0 radical (unpaired) electrons. The molecule has 0 saturated heterocycles. The number of hydrogen-bond donors (Lipinski definition) is 0. The van der Waals surface area contributed by atoms with Gasteiger partial charge in [-0.1, -0.05) is 20.8 Å². The van der Waals surface area contributed by atoms with Crippen LogP contribution in [0.2, 0.25) is 0 Å². The summed E-state index contributed by atoms with van der Waals surface area (Å²) in [5, 5.41) is 0. The van der Waals surface area contributed by atoms with E-state index in [1.54, 1.807) is 17.8 Å². The van der Waals surface area contributed by atoms with Crippen molar-refractivity contribution in [3.63, 3.8) is 0 Å². The van der Waals surface area contributed by atoms with Crippen LogP contribution in [0.1, 0.15) is 20.8 Å². The molecule has 0 nitrogen and oxygen atoms in total. The molecule has 0 saturated carbocycles. The van der Waals surface area contributed by atoms with E-state index in [1.165, 1.54) is 12.1 Å². The smallest absolute Gasteiger partial charge is 0.124 e. The highest BCUT2D eigenvalue weighted by Crippen LogP contribution is 2.36. The quantitative estimate of drug-likeness (QED) is 0.673. The lowest BCUT2D eigenvalue weighted by atomic mass is 10.3. The van der Waals surface area contributed by atoms with E-state index in [4.69, 9.17) is 0 Å². The largest absolute Gasteiger partial charge is 0.207 e. The molecule has 0 spiro atoms. The lowest BCUT2D eigenvalue weighted by Crippen LogP contribution is -2.06. The summed E-state index contributed by atoms with van der Waals surface area (Å²) in [7, 11) is 0. The Morgan fingerprint density at radius 1 is 1.31 bits per heavy atom. The van der Waals surface area contributed by atoms with E-state index in [9.17, 15) is 4.39 Å². The number of halogens is 2. The molecule has 0 aliphatic carbocycles. The average Bonchev–Trinajstić information content (AvgIpc) is 1.93. The molecule has 0 fully saturated rings. The van der Waals surface area contributed by atoms with Crippen LogP contribution in [0.25, 0.3) is 0 Å². The van der Waals surface area contributed by atoms with E-state index in [0.29, 0.717) is 0 Å². The summed E-state index contributed by atoms with van der Waals surface area (Å²) in [6.45, 7) is 6.40. The van der Waals surface area contributed by atoms with Crippen LogP contribution >= 0.6 is 27.7 Å². The molecule has 1 aromatic rings. The fraction of sp³-hybridized carbons (Fsp3) is 0.400. The number of rotatable bonds is 1. The van der Waals surface area contributed by atoms with Crippen LogP contribution in [-0.2, 0) is 0 Å². The third-order valence-corrected chi connectivity index (χ3v) is 3.42. The molecule has 0 aliphatic heterocycles. The van der Waals surface area contributed by atoms with Crippen molar-refractivity contribution in [1.82, 2.24) is 0 Å². The number of thioether (sulfide) groups is 1.